The lowest BCUT2D eigenvalue weighted by Gasteiger charge is -2.20. The van der Waals surface area contributed by atoms with Crippen LogP contribution in [0.15, 0.2) is 24.3 Å². The van der Waals surface area contributed by atoms with Gasteiger partial charge in [0.15, 0.2) is 0 Å². The lowest BCUT2D eigenvalue weighted by molar-refractivity contribution is -0.145. The van der Waals surface area contributed by atoms with Crippen molar-refractivity contribution < 1.29 is 24.6 Å². The van der Waals surface area contributed by atoms with Gasteiger partial charge in [0.2, 0.25) is 0 Å². The molecule has 8 heteroatoms. The Morgan fingerprint density at radius 2 is 1.86 bits per heavy atom. The molecule has 0 saturated heterocycles. The summed E-state index contributed by atoms with van der Waals surface area (Å²) < 4.78 is 0. The summed E-state index contributed by atoms with van der Waals surface area (Å²) >= 11 is 0. The number of benzene rings is 1. The van der Waals surface area contributed by atoms with Crippen molar-refractivity contribution in [2.45, 2.75) is 12.5 Å². The predicted octanol–water partition coefficient (Wildman–Crippen LogP) is 0.632. The maximum Gasteiger partial charge on any atom is 0.326 e. The summed E-state index contributed by atoms with van der Waals surface area (Å²) in [6.07, 6.45) is -0.720. The minimum Gasteiger partial charge on any atom is -0.481 e. The number of hydrogen-bond donors (Lipinski definition) is 3. The van der Waals surface area contributed by atoms with Gasteiger partial charge in [-0.15, -0.1) is 0 Å². The average molecular weight is 291 g/mol. The maximum atomic E-state index is 11.9. The van der Waals surface area contributed by atoms with E-state index in [0.717, 1.165) is 4.90 Å². The minimum atomic E-state index is -1.52. The first-order valence-electron chi connectivity index (χ1n) is 5.84. The van der Waals surface area contributed by atoms with E-state index in [0.29, 0.717) is 11.3 Å². The van der Waals surface area contributed by atoms with Crippen molar-refractivity contribution in [2.24, 2.45) is 0 Å². The Labute approximate surface area is 120 Å². The van der Waals surface area contributed by atoms with Gasteiger partial charge in [0.05, 0.1) is 18.1 Å². The van der Waals surface area contributed by atoms with Gasteiger partial charge in [0.25, 0.3) is 0 Å². The zero-order chi connectivity index (χ0) is 16.0. The molecule has 0 saturated carbocycles. The quantitative estimate of drug-likeness (QED) is 0.729. The number of nitriles is 1. The van der Waals surface area contributed by atoms with Crippen molar-refractivity contribution >= 4 is 23.7 Å². The second-order valence-electron chi connectivity index (χ2n) is 4.16. The van der Waals surface area contributed by atoms with Gasteiger partial charge in [-0.3, -0.25) is 9.69 Å². The molecule has 0 aromatic heterocycles. The molecule has 0 spiro atoms. The van der Waals surface area contributed by atoms with Crippen molar-refractivity contribution in [3.8, 4) is 6.07 Å². The topological polar surface area (TPSA) is 131 Å². The van der Waals surface area contributed by atoms with E-state index in [1.165, 1.54) is 31.3 Å². The van der Waals surface area contributed by atoms with Crippen LogP contribution < -0.4 is 10.2 Å². The van der Waals surface area contributed by atoms with E-state index < -0.39 is 30.4 Å². The first kappa shape index (κ1) is 16.0. The van der Waals surface area contributed by atoms with Gasteiger partial charge in [-0.1, -0.05) is 0 Å². The molecule has 3 N–H and O–H groups in total. The molecule has 1 unspecified atom stereocenters. The van der Waals surface area contributed by atoms with Gasteiger partial charge in [-0.25, -0.2) is 9.59 Å². The highest BCUT2D eigenvalue weighted by Gasteiger charge is 2.24. The summed E-state index contributed by atoms with van der Waals surface area (Å²) in [7, 11) is 1.40. The molecule has 110 valence electrons. The predicted molar refractivity (Wildman–Crippen MR) is 71.8 cm³/mol. The first-order valence-corrected chi connectivity index (χ1v) is 5.84. The van der Waals surface area contributed by atoms with E-state index >= 15 is 0 Å². The highest BCUT2D eigenvalue weighted by molar-refractivity contribution is 5.94. The number of nitrogens with zero attached hydrogens (tertiary/aromatic N) is 2. The fourth-order valence-electron chi connectivity index (χ4n) is 1.50. The van der Waals surface area contributed by atoms with Crippen LogP contribution in [-0.4, -0.2) is 41.3 Å². The van der Waals surface area contributed by atoms with Crippen LogP contribution in [0, 0.1) is 11.3 Å². The van der Waals surface area contributed by atoms with Crippen molar-refractivity contribution in [3.05, 3.63) is 29.8 Å². The lowest BCUT2D eigenvalue weighted by atomic mass is 10.2. The number of urea groups is 1. The summed E-state index contributed by atoms with van der Waals surface area (Å²) in [6.45, 7) is 0. The van der Waals surface area contributed by atoms with Crippen LogP contribution in [-0.2, 0) is 9.59 Å². The van der Waals surface area contributed by atoms with Crippen molar-refractivity contribution in [1.29, 1.82) is 5.26 Å². The van der Waals surface area contributed by atoms with Crippen LogP contribution in [0.4, 0.5) is 10.5 Å². The number of amides is 2. The molecule has 1 rings (SSSR count). The number of rotatable bonds is 5. The van der Waals surface area contributed by atoms with Crippen molar-refractivity contribution in [2.75, 3.05) is 11.9 Å². The molecule has 1 aromatic carbocycles. The second kappa shape index (κ2) is 6.91. The van der Waals surface area contributed by atoms with E-state index in [-0.39, 0.29) is 0 Å². The smallest absolute Gasteiger partial charge is 0.326 e. The zero-order valence-electron chi connectivity index (χ0n) is 11.1. The van der Waals surface area contributed by atoms with Crippen LogP contribution in [0.25, 0.3) is 0 Å². The Balaban J connectivity index is 2.78. The van der Waals surface area contributed by atoms with Crippen LogP contribution in [0.3, 0.4) is 0 Å². The van der Waals surface area contributed by atoms with Gasteiger partial charge in [-0.2, -0.15) is 5.26 Å². The Morgan fingerprint density at radius 3 is 2.29 bits per heavy atom. The number of carboxylic acids is 2. The van der Waals surface area contributed by atoms with Crippen LogP contribution in [0.2, 0.25) is 0 Å². The summed E-state index contributed by atoms with van der Waals surface area (Å²) in [4.78, 5) is 34.4. The van der Waals surface area contributed by atoms with Crippen molar-refractivity contribution in [3.63, 3.8) is 0 Å². The van der Waals surface area contributed by atoms with E-state index in [9.17, 15) is 14.4 Å². The Morgan fingerprint density at radius 1 is 1.29 bits per heavy atom. The molecule has 0 radical (unpaired) electrons. The van der Waals surface area contributed by atoms with Gasteiger partial charge < -0.3 is 15.5 Å². The molecular formula is C13H13N3O5. The van der Waals surface area contributed by atoms with Crippen molar-refractivity contribution in [1.82, 2.24) is 5.32 Å². The maximum absolute atomic E-state index is 11.9. The first-order chi connectivity index (χ1) is 9.85. The number of hydrogen-bond acceptors (Lipinski definition) is 4. The van der Waals surface area contributed by atoms with E-state index in [2.05, 4.69) is 5.32 Å². The Bertz CT molecular complexity index is 591. The Kier molecular flexibility index (Phi) is 5.25. The molecule has 0 fully saturated rings. The number of aliphatic carboxylic acids is 2. The number of carbonyl (C=O) groups excluding carboxylic acids is 1. The monoisotopic (exact) mass is 291 g/mol. The summed E-state index contributed by atoms with van der Waals surface area (Å²) in [5.41, 5.74) is 0.854. The third-order valence-corrected chi connectivity index (χ3v) is 2.66. The fourth-order valence-corrected chi connectivity index (χ4v) is 1.50. The van der Waals surface area contributed by atoms with E-state index in [4.69, 9.17) is 15.5 Å². The summed E-state index contributed by atoms with van der Waals surface area (Å²) in [6, 6.07) is 5.70. The molecule has 1 aromatic rings. The Hall–Kier alpha value is -3.08. The standard InChI is InChI=1S/C13H13N3O5/c1-16(9-4-2-8(7-14)3-5-9)13(21)15-10(12(19)20)6-11(17)18/h2-5,10H,6H2,1H3,(H,15,21)(H,17,18)(H,19,20). The average Bonchev–Trinajstić information content (AvgIpc) is 2.45. The van der Waals surface area contributed by atoms with Gasteiger partial charge in [0.1, 0.15) is 6.04 Å². The molecule has 0 aliphatic heterocycles. The fraction of sp³-hybridized carbons (Fsp3) is 0.231. The molecule has 0 aliphatic carbocycles. The number of nitrogens with one attached hydrogen (secondary N) is 1. The van der Waals surface area contributed by atoms with Crippen LogP contribution >= 0.6 is 0 Å². The molecule has 0 heterocycles. The summed E-state index contributed by atoms with van der Waals surface area (Å²) in [5, 5.41) is 28.3. The molecule has 0 bridgehead atoms. The molecule has 1 atom stereocenters. The zero-order valence-corrected chi connectivity index (χ0v) is 11.1. The number of carboxylic acid groups (broad SMARTS) is 2. The largest absolute Gasteiger partial charge is 0.481 e. The summed E-state index contributed by atoms with van der Waals surface area (Å²) in [5.74, 6) is -2.76. The highest BCUT2D eigenvalue weighted by Crippen LogP contribution is 2.13. The normalized spacial score (nSPS) is 11.0. The SMILES string of the molecule is CN(C(=O)NC(CC(=O)O)C(=O)O)c1ccc(C#N)cc1. The number of anilines is 1. The van der Waals surface area contributed by atoms with Gasteiger partial charge >= 0.3 is 18.0 Å². The van der Waals surface area contributed by atoms with Gasteiger partial charge in [0, 0.05) is 12.7 Å². The molecule has 0 aliphatic rings. The molecular weight excluding hydrogens is 278 g/mol. The third kappa shape index (κ3) is 4.50. The molecule has 8 nitrogen and oxygen atoms in total. The second-order valence-corrected chi connectivity index (χ2v) is 4.16. The van der Waals surface area contributed by atoms with E-state index in [1.54, 1.807) is 0 Å². The lowest BCUT2D eigenvalue weighted by Crippen LogP contribution is -2.47. The van der Waals surface area contributed by atoms with E-state index in [1.807, 2.05) is 6.07 Å². The minimum absolute atomic E-state index is 0.418. The van der Waals surface area contributed by atoms with Crippen LogP contribution in [0.5, 0.6) is 0 Å². The van der Waals surface area contributed by atoms with Gasteiger partial charge in [-0.05, 0) is 24.3 Å². The third-order valence-electron chi connectivity index (χ3n) is 2.66. The van der Waals surface area contributed by atoms with Crippen LogP contribution in [0.1, 0.15) is 12.0 Å². The number of carbonyl (C=O) groups is 3. The molecule has 21 heavy (non-hydrogen) atoms. The highest BCUT2D eigenvalue weighted by atomic mass is 16.4. The molecule has 2 amide bonds.